The third-order valence-corrected chi connectivity index (χ3v) is 5.65. The van der Waals surface area contributed by atoms with Crippen LogP contribution in [0.1, 0.15) is 25.0 Å². The van der Waals surface area contributed by atoms with E-state index in [1.807, 2.05) is 0 Å². The van der Waals surface area contributed by atoms with E-state index in [4.69, 9.17) is 0 Å². The van der Waals surface area contributed by atoms with Crippen LogP contribution in [0.5, 0.6) is 0 Å². The van der Waals surface area contributed by atoms with Crippen LogP contribution in [0.15, 0.2) is 109 Å². The van der Waals surface area contributed by atoms with Gasteiger partial charge in [0.2, 0.25) is 0 Å². The zero-order valence-electron chi connectivity index (χ0n) is 18.9. The number of rotatable bonds is 8. The highest BCUT2D eigenvalue weighted by Gasteiger charge is 2.11. The highest BCUT2D eigenvalue weighted by molar-refractivity contribution is 5.78. The van der Waals surface area contributed by atoms with Crippen molar-refractivity contribution in [2.45, 2.75) is 13.8 Å². The summed E-state index contributed by atoms with van der Waals surface area (Å²) in [5.74, 6) is 0. The largest absolute Gasteiger partial charge is 0.372 e. The third-order valence-electron chi connectivity index (χ3n) is 5.65. The first-order chi connectivity index (χ1) is 15.8. The van der Waals surface area contributed by atoms with Gasteiger partial charge in [-0.25, -0.2) is 0 Å². The molecule has 0 bridgehead atoms. The summed E-state index contributed by atoms with van der Waals surface area (Å²) in [7, 11) is 0. The first kappa shape index (κ1) is 21.5. The van der Waals surface area contributed by atoms with Gasteiger partial charge in [0.15, 0.2) is 0 Å². The van der Waals surface area contributed by atoms with Crippen molar-refractivity contribution in [1.82, 2.24) is 0 Å². The topological polar surface area (TPSA) is 6.48 Å². The molecule has 0 aliphatic carbocycles. The molecule has 0 unspecified atom stereocenters. The molecule has 2 nitrogen and oxygen atoms in total. The van der Waals surface area contributed by atoms with E-state index in [1.165, 1.54) is 16.8 Å². The summed E-state index contributed by atoms with van der Waals surface area (Å²) in [6.07, 6.45) is 4.37. The molecule has 160 valence electrons. The van der Waals surface area contributed by atoms with Gasteiger partial charge in [-0.05, 0) is 73.5 Å². The average Bonchev–Trinajstić information content (AvgIpc) is 2.86. The van der Waals surface area contributed by atoms with Gasteiger partial charge >= 0.3 is 0 Å². The minimum absolute atomic E-state index is 1.02. The molecule has 0 amide bonds. The number of para-hydroxylation sites is 2. The monoisotopic (exact) mass is 418 g/mol. The average molecular weight is 419 g/mol. The lowest BCUT2D eigenvalue weighted by Crippen LogP contribution is -2.21. The number of hydrogen-bond donors (Lipinski definition) is 0. The molecule has 0 aliphatic heterocycles. The molecule has 0 fully saturated rings. The second-order valence-corrected chi connectivity index (χ2v) is 7.70. The van der Waals surface area contributed by atoms with E-state index in [-0.39, 0.29) is 0 Å². The summed E-state index contributed by atoms with van der Waals surface area (Å²) in [5, 5.41) is 0. The molecule has 4 aromatic rings. The van der Waals surface area contributed by atoms with Crippen molar-refractivity contribution in [3.05, 3.63) is 120 Å². The summed E-state index contributed by atoms with van der Waals surface area (Å²) in [6.45, 7) is 6.43. The Kier molecular flexibility index (Phi) is 7.04. The van der Waals surface area contributed by atoms with Crippen molar-refractivity contribution in [2.75, 3.05) is 22.9 Å². The SMILES string of the molecule is CCN(CC)c1cccc(C=Cc2ccc(N(c3ccccc3)c3ccccc3)cc2)c1. The van der Waals surface area contributed by atoms with Crippen LogP contribution in [0.3, 0.4) is 0 Å². The van der Waals surface area contributed by atoms with E-state index in [0.717, 1.165) is 30.2 Å². The summed E-state index contributed by atoms with van der Waals surface area (Å²) in [5.41, 5.74) is 7.11. The Morgan fingerprint density at radius 2 is 1.00 bits per heavy atom. The molecule has 0 saturated carbocycles. The number of nitrogens with zero attached hydrogens (tertiary/aromatic N) is 2. The molecule has 0 aromatic heterocycles. The molecule has 0 aliphatic rings. The van der Waals surface area contributed by atoms with E-state index >= 15 is 0 Å². The van der Waals surface area contributed by atoms with Crippen molar-refractivity contribution in [1.29, 1.82) is 0 Å². The Labute approximate surface area is 192 Å². The molecule has 4 rings (SSSR count). The van der Waals surface area contributed by atoms with Crippen LogP contribution < -0.4 is 9.80 Å². The number of hydrogen-bond acceptors (Lipinski definition) is 2. The van der Waals surface area contributed by atoms with Crippen molar-refractivity contribution in [3.63, 3.8) is 0 Å². The Morgan fingerprint density at radius 3 is 1.56 bits per heavy atom. The van der Waals surface area contributed by atoms with E-state index < -0.39 is 0 Å². The van der Waals surface area contributed by atoms with Crippen LogP contribution in [0, 0.1) is 0 Å². The van der Waals surface area contributed by atoms with Crippen LogP contribution in [0.4, 0.5) is 22.7 Å². The molecule has 0 atom stereocenters. The lowest BCUT2D eigenvalue weighted by atomic mass is 10.1. The van der Waals surface area contributed by atoms with Crippen LogP contribution >= 0.6 is 0 Å². The predicted octanol–water partition coefficient (Wildman–Crippen LogP) is 8.17. The molecule has 0 heterocycles. The molecule has 2 heteroatoms. The van der Waals surface area contributed by atoms with Crippen LogP contribution in [-0.4, -0.2) is 13.1 Å². The Bertz CT molecular complexity index is 1090. The quantitative estimate of drug-likeness (QED) is 0.266. The number of benzene rings is 4. The third kappa shape index (κ3) is 5.09. The van der Waals surface area contributed by atoms with Crippen molar-refractivity contribution in [3.8, 4) is 0 Å². The highest BCUT2D eigenvalue weighted by Crippen LogP contribution is 2.34. The molecule has 0 radical (unpaired) electrons. The van der Waals surface area contributed by atoms with Crippen LogP contribution in [0.25, 0.3) is 12.2 Å². The van der Waals surface area contributed by atoms with E-state index in [9.17, 15) is 0 Å². The zero-order valence-corrected chi connectivity index (χ0v) is 18.9. The lowest BCUT2D eigenvalue weighted by molar-refractivity contribution is 0.866. The fraction of sp³-hybridized carbons (Fsp3) is 0.133. The summed E-state index contributed by atoms with van der Waals surface area (Å²) in [6, 6.07) is 38.4. The van der Waals surface area contributed by atoms with E-state index in [1.54, 1.807) is 0 Å². The molecular weight excluding hydrogens is 388 g/mol. The van der Waals surface area contributed by atoms with E-state index in [2.05, 4.69) is 145 Å². The summed E-state index contributed by atoms with van der Waals surface area (Å²) < 4.78 is 0. The summed E-state index contributed by atoms with van der Waals surface area (Å²) >= 11 is 0. The van der Waals surface area contributed by atoms with Crippen LogP contribution in [0.2, 0.25) is 0 Å². The standard InChI is InChI=1S/C30H30N2/c1-3-31(4-2)30-17-11-12-26(24-30)19-18-25-20-22-29(23-21-25)32(27-13-7-5-8-14-27)28-15-9-6-10-16-28/h5-24H,3-4H2,1-2H3. The van der Waals surface area contributed by atoms with Gasteiger partial charge in [-0.1, -0.05) is 72.8 Å². The molecule has 4 aromatic carbocycles. The maximum atomic E-state index is 2.37. The van der Waals surface area contributed by atoms with Gasteiger partial charge < -0.3 is 9.80 Å². The Balaban J connectivity index is 1.58. The zero-order chi connectivity index (χ0) is 22.2. The Hall–Kier alpha value is -3.78. The number of anilines is 4. The molecule has 32 heavy (non-hydrogen) atoms. The van der Waals surface area contributed by atoms with Crippen molar-refractivity contribution < 1.29 is 0 Å². The second-order valence-electron chi connectivity index (χ2n) is 7.70. The second kappa shape index (κ2) is 10.5. The maximum Gasteiger partial charge on any atom is 0.0462 e. The molecule has 0 saturated heterocycles. The first-order valence-corrected chi connectivity index (χ1v) is 11.3. The lowest BCUT2D eigenvalue weighted by Gasteiger charge is -2.25. The van der Waals surface area contributed by atoms with Gasteiger partial charge in [-0.3, -0.25) is 0 Å². The van der Waals surface area contributed by atoms with Crippen LogP contribution in [-0.2, 0) is 0 Å². The predicted molar refractivity (Wildman–Crippen MR) is 140 cm³/mol. The van der Waals surface area contributed by atoms with Gasteiger partial charge in [0.25, 0.3) is 0 Å². The van der Waals surface area contributed by atoms with Gasteiger partial charge in [0.1, 0.15) is 0 Å². The minimum atomic E-state index is 1.02. The van der Waals surface area contributed by atoms with E-state index in [0.29, 0.717) is 0 Å². The van der Waals surface area contributed by atoms with Gasteiger partial charge in [0, 0.05) is 35.8 Å². The molecular formula is C30H30N2. The fourth-order valence-corrected chi connectivity index (χ4v) is 3.94. The smallest absolute Gasteiger partial charge is 0.0462 e. The summed E-state index contributed by atoms with van der Waals surface area (Å²) in [4.78, 5) is 4.65. The van der Waals surface area contributed by atoms with Gasteiger partial charge in [-0.2, -0.15) is 0 Å². The Morgan fingerprint density at radius 1 is 0.500 bits per heavy atom. The van der Waals surface area contributed by atoms with Gasteiger partial charge in [0.05, 0.1) is 0 Å². The minimum Gasteiger partial charge on any atom is -0.372 e. The molecule has 0 spiro atoms. The normalized spacial score (nSPS) is 10.9. The van der Waals surface area contributed by atoms with Crippen molar-refractivity contribution >= 4 is 34.9 Å². The first-order valence-electron chi connectivity index (χ1n) is 11.3. The highest BCUT2D eigenvalue weighted by atomic mass is 15.1. The maximum absolute atomic E-state index is 2.37. The molecule has 0 N–H and O–H groups in total. The van der Waals surface area contributed by atoms with Crippen molar-refractivity contribution in [2.24, 2.45) is 0 Å². The van der Waals surface area contributed by atoms with Gasteiger partial charge in [-0.15, -0.1) is 0 Å². The fourth-order valence-electron chi connectivity index (χ4n) is 3.94.